The van der Waals surface area contributed by atoms with Crippen LogP contribution in [0, 0.1) is 0 Å². The minimum atomic E-state index is -0.246. The van der Waals surface area contributed by atoms with E-state index in [9.17, 15) is 4.79 Å². The molecule has 0 atom stereocenters. The van der Waals surface area contributed by atoms with Crippen molar-refractivity contribution in [2.24, 2.45) is 0 Å². The number of para-hydroxylation sites is 2. The summed E-state index contributed by atoms with van der Waals surface area (Å²) in [5.41, 5.74) is 13.9. The summed E-state index contributed by atoms with van der Waals surface area (Å²) in [6, 6.07) is 28.7. The van der Waals surface area contributed by atoms with Crippen LogP contribution in [0.25, 0.3) is 0 Å². The maximum absolute atomic E-state index is 13.1. The van der Waals surface area contributed by atoms with Crippen LogP contribution >= 0.6 is 0 Å². The Labute approximate surface area is 174 Å². The predicted octanol–water partition coefficient (Wildman–Crippen LogP) is 5.67. The van der Waals surface area contributed by atoms with Crippen LogP contribution in [0.5, 0.6) is 23.0 Å². The van der Waals surface area contributed by atoms with Gasteiger partial charge in [0.1, 0.15) is 11.5 Å². The van der Waals surface area contributed by atoms with Gasteiger partial charge in [0, 0.05) is 5.56 Å². The Morgan fingerprint density at radius 1 is 0.633 bits per heavy atom. The van der Waals surface area contributed by atoms with Crippen LogP contribution in [0.15, 0.2) is 97.1 Å². The molecule has 0 aliphatic carbocycles. The van der Waals surface area contributed by atoms with Crippen molar-refractivity contribution in [1.29, 1.82) is 0 Å². The number of nitrogens with two attached hydrogens (primary N) is 2. The van der Waals surface area contributed by atoms with Gasteiger partial charge in [0.05, 0.1) is 16.9 Å². The minimum absolute atomic E-state index is 0.160. The van der Waals surface area contributed by atoms with E-state index in [1.165, 1.54) is 6.07 Å². The highest BCUT2D eigenvalue weighted by atomic mass is 16.5. The zero-order valence-electron chi connectivity index (χ0n) is 16.1. The molecule has 0 saturated heterocycles. The van der Waals surface area contributed by atoms with Crippen LogP contribution in [0.2, 0.25) is 0 Å². The van der Waals surface area contributed by atoms with Gasteiger partial charge in [0.15, 0.2) is 17.3 Å². The fourth-order valence-electron chi connectivity index (χ4n) is 3.03. The first-order valence-corrected chi connectivity index (χ1v) is 9.41. The van der Waals surface area contributed by atoms with E-state index in [1.807, 2.05) is 42.5 Å². The molecule has 0 spiro atoms. The number of benzene rings is 4. The van der Waals surface area contributed by atoms with Gasteiger partial charge in [-0.15, -0.1) is 0 Å². The van der Waals surface area contributed by atoms with Gasteiger partial charge >= 0.3 is 0 Å². The molecule has 4 aromatic rings. The van der Waals surface area contributed by atoms with Gasteiger partial charge < -0.3 is 20.9 Å². The number of carbonyl (C=O) groups is 1. The topological polar surface area (TPSA) is 87.6 Å². The molecule has 0 radical (unpaired) electrons. The van der Waals surface area contributed by atoms with E-state index >= 15 is 0 Å². The third-order valence-electron chi connectivity index (χ3n) is 4.51. The van der Waals surface area contributed by atoms with E-state index in [0.29, 0.717) is 17.1 Å². The Hall–Kier alpha value is -4.25. The average Bonchev–Trinajstić information content (AvgIpc) is 2.80. The van der Waals surface area contributed by atoms with Crippen molar-refractivity contribution in [1.82, 2.24) is 0 Å². The summed E-state index contributed by atoms with van der Waals surface area (Å²) in [6.07, 6.45) is 0. The van der Waals surface area contributed by atoms with Crippen molar-refractivity contribution >= 4 is 17.2 Å². The van der Waals surface area contributed by atoms with Crippen molar-refractivity contribution in [2.75, 3.05) is 11.5 Å². The number of ether oxygens (including phenoxy) is 2. The largest absolute Gasteiger partial charge is 0.451 e. The first kappa shape index (κ1) is 19.1. The smallest absolute Gasteiger partial charge is 0.195 e. The maximum atomic E-state index is 13.1. The van der Waals surface area contributed by atoms with Crippen LogP contribution in [0.4, 0.5) is 11.4 Å². The number of hydrogen-bond acceptors (Lipinski definition) is 5. The van der Waals surface area contributed by atoms with Gasteiger partial charge in [-0.3, -0.25) is 4.79 Å². The van der Waals surface area contributed by atoms with Crippen molar-refractivity contribution in [2.45, 2.75) is 0 Å². The highest BCUT2D eigenvalue weighted by Crippen LogP contribution is 2.46. The van der Waals surface area contributed by atoms with Gasteiger partial charge in [-0.2, -0.15) is 0 Å². The summed E-state index contributed by atoms with van der Waals surface area (Å²) >= 11 is 0. The SMILES string of the molecule is Nc1cc(C(=O)c2ccccc2)c(N)c(Oc2ccccc2)c1Oc1ccccc1. The van der Waals surface area contributed by atoms with E-state index in [2.05, 4.69) is 0 Å². The lowest BCUT2D eigenvalue weighted by molar-refractivity contribution is 0.103. The van der Waals surface area contributed by atoms with Crippen LogP contribution in [0.1, 0.15) is 15.9 Å². The second-order valence-electron chi connectivity index (χ2n) is 6.61. The Morgan fingerprint density at radius 3 is 1.63 bits per heavy atom. The molecule has 148 valence electrons. The summed E-state index contributed by atoms with van der Waals surface area (Å²) in [7, 11) is 0. The first-order chi connectivity index (χ1) is 14.6. The summed E-state index contributed by atoms with van der Waals surface area (Å²) in [6.45, 7) is 0. The lowest BCUT2D eigenvalue weighted by Crippen LogP contribution is -2.09. The molecular weight excluding hydrogens is 376 g/mol. The van der Waals surface area contributed by atoms with E-state index in [1.54, 1.807) is 48.5 Å². The van der Waals surface area contributed by atoms with E-state index in [4.69, 9.17) is 20.9 Å². The lowest BCUT2D eigenvalue weighted by Gasteiger charge is -2.18. The second-order valence-corrected chi connectivity index (χ2v) is 6.61. The first-order valence-electron chi connectivity index (χ1n) is 9.41. The Balaban J connectivity index is 1.83. The normalized spacial score (nSPS) is 10.4. The van der Waals surface area contributed by atoms with Crippen LogP contribution in [-0.2, 0) is 0 Å². The Bertz CT molecular complexity index is 1160. The highest BCUT2D eigenvalue weighted by molar-refractivity contribution is 6.13. The van der Waals surface area contributed by atoms with Crippen molar-refractivity contribution in [3.63, 3.8) is 0 Å². The fraction of sp³-hybridized carbons (Fsp3) is 0. The zero-order valence-corrected chi connectivity index (χ0v) is 16.1. The molecule has 5 heteroatoms. The second kappa shape index (κ2) is 8.41. The molecule has 0 aliphatic heterocycles. The number of ketones is 1. The monoisotopic (exact) mass is 396 g/mol. The summed E-state index contributed by atoms with van der Waals surface area (Å²) < 4.78 is 12.0. The van der Waals surface area contributed by atoms with Gasteiger partial charge in [-0.05, 0) is 30.3 Å². The molecule has 4 N–H and O–H groups in total. The Kier molecular flexibility index (Phi) is 5.35. The molecule has 0 amide bonds. The number of anilines is 2. The van der Waals surface area contributed by atoms with E-state index in [-0.39, 0.29) is 34.2 Å². The lowest BCUT2D eigenvalue weighted by atomic mass is 10.00. The van der Waals surface area contributed by atoms with Gasteiger partial charge in [0.25, 0.3) is 0 Å². The molecule has 0 aliphatic rings. The number of rotatable bonds is 6. The van der Waals surface area contributed by atoms with Crippen LogP contribution in [0.3, 0.4) is 0 Å². The zero-order chi connectivity index (χ0) is 20.9. The number of carbonyl (C=O) groups excluding carboxylic acids is 1. The molecule has 0 fully saturated rings. The summed E-state index contributed by atoms with van der Waals surface area (Å²) in [5.74, 6) is 1.33. The molecule has 0 saturated carbocycles. The van der Waals surface area contributed by atoms with Gasteiger partial charge in [0.2, 0.25) is 0 Å². The summed E-state index contributed by atoms with van der Waals surface area (Å²) in [4.78, 5) is 13.1. The van der Waals surface area contributed by atoms with Crippen LogP contribution in [-0.4, -0.2) is 5.78 Å². The molecule has 0 heterocycles. The average molecular weight is 396 g/mol. The van der Waals surface area contributed by atoms with E-state index in [0.717, 1.165) is 0 Å². The highest BCUT2D eigenvalue weighted by Gasteiger charge is 2.23. The third kappa shape index (κ3) is 3.95. The third-order valence-corrected chi connectivity index (χ3v) is 4.51. The summed E-state index contributed by atoms with van der Waals surface area (Å²) in [5, 5.41) is 0. The van der Waals surface area contributed by atoms with Crippen molar-refractivity contribution < 1.29 is 14.3 Å². The molecule has 0 aromatic heterocycles. The number of hydrogen-bond donors (Lipinski definition) is 2. The maximum Gasteiger partial charge on any atom is 0.195 e. The molecule has 5 nitrogen and oxygen atoms in total. The molecule has 0 bridgehead atoms. The number of nitrogen functional groups attached to an aromatic ring is 2. The molecule has 30 heavy (non-hydrogen) atoms. The fourth-order valence-corrected chi connectivity index (χ4v) is 3.03. The van der Waals surface area contributed by atoms with Gasteiger partial charge in [-0.25, -0.2) is 0 Å². The standard InChI is InChI=1S/C25H20N2O3/c26-21-16-20(23(28)17-10-4-1-5-11-17)22(27)25(30-19-14-8-3-9-15-19)24(21)29-18-12-6-2-7-13-18/h1-16H,26-27H2. The van der Waals surface area contributed by atoms with E-state index < -0.39 is 0 Å². The molecule has 4 rings (SSSR count). The molecule has 4 aromatic carbocycles. The van der Waals surface area contributed by atoms with Crippen molar-refractivity contribution in [3.05, 3.63) is 108 Å². The molecular formula is C25H20N2O3. The minimum Gasteiger partial charge on any atom is -0.451 e. The predicted molar refractivity (Wildman–Crippen MR) is 118 cm³/mol. The Morgan fingerprint density at radius 2 is 1.10 bits per heavy atom. The molecule has 0 unspecified atom stereocenters. The van der Waals surface area contributed by atoms with Gasteiger partial charge in [-0.1, -0.05) is 66.7 Å². The quantitative estimate of drug-likeness (QED) is 0.324. The van der Waals surface area contributed by atoms with Crippen LogP contribution < -0.4 is 20.9 Å². The van der Waals surface area contributed by atoms with Crippen molar-refractivity contribution in [3.8, 4) is 23.0 Å².